The maximum absolute atomic E-state index is 4.64. The van der Waals surface area contributed by atoms with Crippen LogP contribution in [0.2, 0.25) is 0 Å². The van der Waals surface area contributed by atoms with E-state index in [2.05, 4.69) is 58.1 Å². The number of rotatable bonds is 1. The van der Waals surface area contributed by atoms with Crippen molar-refractivity contribution in [2.24, 2.45) is 0 Å². The SMILES string of the molecule is Cc1ccc(-c2ccc3nc(C)c(Br)n3n2)cc1C. The van der Waals surface area contributed by atoms with Crippen molar-refractivity contribution in [1.29, 1.82) is 0 Å². The number of hydrogen-bond donors (Lipinski definition) is 0. The molecule has 0 N–H and O–H groups in total. The number of imidazole rings is 1. The van der Waals surface area contributed by atoms with E-state index in [4.69, 9.17) is 0 Å². The van der Waals surface area contributed by atoms with Crippen molar-refractivity contribution >= 4 is 21.6 Å². The number of fused-ring (bicyclic) bond motifs is 1. The molecule has 2 heterocycles. The second-order valence-electron chi connectivity index (χ2n) is 4.78. The Kier molecular flexibility index (Phi) is 2.90. The molecule has 0 spiro atoms. The van der Waals surface area contributed by atoms with Crippen LogP contribution in [0.4, 0.5) is 0 Å². The van der Waals surface area contributed by atoms with E-state index in [1.54, 1.807) is 0 Å². The summed E-state index contributed by atoms with van der Waals surface area (Å²) in [5.74, 6) is 0. The first-order chi connectivity index (χ1) is 9.06. The predicted octanol–water partition coefficient (Wildman–Crippen LogP) is 4.08. The lowest BCUT2D eigenvalue weighted by Gasteiger charge is -2.05. The van der Waals surface area contributed by atoms with Crippen molar-refractivity contribution in [3.63, 3.8) is 0 Å². The summed E-state index contributed by atoms with van der Waals surface area (Å²) in [5, 5.41) is 4.64. The van der Waals surface area contributed by atoms with Gasteiger partial charge < -0.3 is 0 Å². The molecule has 0 unspecified atom stereocenters. The average Bonchev–Trinajstić information content (AvgIpc) is 2.68. The third-order valence-electron chi connectivity index (χ3n) is 3.38. The van der Waals surface area contributed by atoms with E-state index in [9.17, 15) is 0 Å². The number of aryl methyl sites for hydroxylation is 3. The van der Waals surface area contributed by atoms with Crippen molar-refractivity contribution in [3.05, 3.63) is 51.8 Å². The lowest BCUT2D eigenvalue weighted by molar-refractivity contribution is 0.919. The van der Waals surface area contributed by atoms with Crippen LogP contribution in [0.3, 0.4) is 0 Å². The number of halogens is 1. The zero-order chi connectivity index (χ0) is 13.6. The number of hydrogen-bond acceptors (Lipinski definition) is 2. The predicted molar refractivity (Wildman–Crippen MR) is 80.3 cm³/mol. The van der Waals surface area contributed by atoms with Crippen LogP contribution < -0.4 is 0 Å². The van der Waals surface area contributed by atoms with Gasteiger partial charge in [0, 0.05) is 5.56 Å². The molecule has 0 saturated carbocycles. The molecule has 3 nitrogen and oxygen atoms in total. The van der Waals surface area contributed by atoms with Gasteiger partial charge in [0.1, 0.15) is 4.60 Å². The molecule has 0 aliphatic carbocycles. The van der Waals surface area contributed by atoms with Gasteiger partial charge in [0.05, 0.1) is 11.4 Å². The lowest BCUT2D eigenvalue weighted by Crippen LogP contribution is -1.95. The van der Waals surface area contributed by atoms with Crippen LogP contribution >= 0.6 is 15.9 Å². The Labute approximate surface area is 120 Å². The van der Waals surface area contributed by atoms with Crippen LogP contribution in [0, 0.1) is 20.8 Å². The van der Waals surface area contributed by atoms with Crippen molar-refractivity contribution in [2.45, 2.75) is 20.8 Å². The van der Waals surface area contributed by atoms with Crippen molar-refractivity contribution in [1.82, 2.24) is 14.6 Å². The molecule has 0 aliphatic rings. The average molecular weight is 316 g/mol. The quantitative estimate of drug-likeness (QED) is 0.677. The lowest BCUT2D eigenvalue weighted by atomic mass is 10.0. The molecule has 3 aromatic rings. The Morgan fingerprint density at radius 3 is 2.53 bits per heavy atom. The minimum atomic E-state index is 0.858. The van der Waals surface area contributed by atoms with Gasteiger partial charge in [-0.15, -0.1) is 0 Å². The summed E-state index contributed by atoms with van der Waals surface area (Å²) < 4.78 is 2.74. The second-order valence-corrected chi connectivity index (χ2v) is 5.53. The molecule has 0 fully saturated rings. The largest absolute Gasteiger partial charge is 0.231 e. The fourth-order valence-corrected chi connectivity index (χ4v) is 2.42. The highest BCUT2D eigenvalue weighted by Gasteiger charge is 2.09. The first-order valence-electron chi connectivity index (χ1n) is 6.16. The first-order valence-corrected chi connectivity index (χ1v) is 6.95. The second kappa shape index (κ2) is 4.46. The third kappa shape index (κ3) is 2.06. The molecular weight excluding hydrogens is 302 g/mol. The van der Waals surface area contributed by atoms with E-state index in [-0.39, 0.29) is 0 Å². The number of nitrogens with zero attached hydrogens (tertiary/aromatic N) is 3. The molecule has 4 heteroatoms. The Bertz CT molecular complexity index is 774. The normalized spacial score (nSPS) is 11.2. The Balaban J connectivity index is 2.19. The standard InChI is InChI=1S/C15H14BrN3/c1-9-4-5-12(8-10(9)2)13-6-7-14-17-11(3)15(16)19(14)18-13/h4-8H,1-3H3. The highest BCUT2D eigenvalue weighted by Crippen LogP contribution is 2.23. The minimum absolute atomic E-state index is 0.858. The van der Waals surface area contributed by atoms with Gasteiger partial charge in [0.2, 0.25) is 0 Å². The van der Waals surface area contributed by atoms with Crippen LogP contribution in [0.5, 0.6) is 0 Å². The zero-order valence-electron chi connectivity index (χ0n) is 11.1. The smallest absolute Gasteiger partial charge is 0.155 e. The van der Waals surface area contributed by atoms with E-state index in [0.717, 1.165) is 27.2 Å². The van der Waals surface area contributed by atoms with E-state index in [1.165, 1.54) is 11.1 Å². The molecule has 2 aromatic heterocycles. The maximum atomic E-state index is 4.64. The molecule has 96 valence electrons. The van der Waals surface area contributed by atoms with Gasteiger partial charge in [-0.25, -0.2) is 9.50 Å². The van der Waals surface area contributed by atoms with Gasteiger partial charge >= 0.3 is 0 Å². The van der Waals surface area contributed by atoms with Gasteiger partial charge in [-0.05, 0) is 66.0 Å². The van der Waals surface area contributed by atoms with Crippen molar-refractivity contribution < 1.29 is 0 Å². The summed E-state index contributed by atoms with van der Waals surface area (Å²) in [4.78, 5) is 4.43. The van der Waals surface area contributed by atoms with Crippen LogP contribution in [-0.4, -0.2) is 14.6 Å². The van der Waals surface area contributed by atoms with E-state index in [0.29, 0.717) is 0 Å². The summed E-state index contributed by atoms with van der Waals surface area (Å²) in [6, 6.07) is 10.4. The molecule has 19 heavy (non-hydrogen) atoms. The van der Waals surface area contributed by atoms with Crippen LogP contribution in [-0.2, 0) is 0 Å². The summed E-state index contributed by atoms with van der Waals surface area (Å²) in [6.07, 6.45) is 0. The highest BCUT2D eigenvalue weighted by atomic mass is 79.9. The summed E-state index contributed by atoms with van der Waals surface area (Å²) in [7, 11) is 0. The van der Waals surface area contributed by atoms with E-state index < -0.39 is 0 Å². The molecular formula is C15H14BrN3. The summed E-state index contributed by atoms with van der Waals surface area (Å²) >= 11 is 3.52. The van der Waals surface area contributed by atoms with Crippen LogP contribution in [0.25, 0.3) is 16.9 Å². The molecule has 0 atom stereocenters. The fourth-order valence-electron chi connectivity index (χ4n) is 2.07. The first kappa shape index (κ1) is 12.4. The molecule has 1 aromatic carbocycles. The van der Waals surface area contributed by atoms with Gasteiger partial charge in [-0.2, -0.15) is 5.10 Å². The molecule has 0 amide bonds. The Morgan fingerprint density at radius 2 is 1.79 bits per heavy atom. The van der Waals surface area contributed by atoms with Gasteiger partial charge in [0.15, 0.2) is 5.65 Å². The van der Waals surface area contributed by atoms with Gasteiger partial charge in [-0.1, -0.05) is 12.1 Å². The molecule has 3 rings (SSSR count). The Hall–Kier alpha value is -1.68. The summed E-state index contributed by atoms with van der Waals surface area (Å²) in [5.41, 5.74) is 6.46. The Morgan fingerprint density at radius 1 is 1.00 bits per heavy atom. The van der Waals surface area contributed by atoms with Gasteiger partial charge in [-0.3, -0.25) is 0 Å². The molecule has 0 saturated heterocycles. The third-order valence-corrected chi connectivity index (χ3v) is 4.29. The zero-order valence-corrected chi connectivity index (χ0v) is 12.7. The van der Waals surface area contributed by atoms with Crippen LogP contribution in [0.15, 0.2) is 34.9 Å². The molecule has 0 bridgehead atoms. The van der Waals surface area contributed by atoms with Crippen molar-refractivity contribution in [2.75, 3.05) is 0 Å². The topological polar surface area (TPSA) is 30.2 Å². The van der Waals surface area contributed by atoms with E-state index in [1.807, 2.05) is 23.6 Å². The molecule has 0 aliphatic heterocycles. The number of benzene rings is 1. The number of aromatic nitrogens is 3. The fraction of sp³-hybridized carbons (Fsp3) is 0.200. The minimum Gasteiger partial charge on any atom is -0.231 e. The maximum Gasteiger partial charge on any atom is 0.155 e. The summed E-state index contributed by atoms with van der Waals surface area (Å²) in [6.45, 7) is 6.20. The van der Waals surface area contributed by atoms with Crippen LogP contribution in [0.1, 0.15) is 16.8 Å². The monoisotopic (exact) mass is 315 g/mol. The van der Waals surface area contributed by atoms with Gasteiger partial charge in [0.25, 0.3) is 0 Å². The van der Waals surface area contributed by atoms with Crippen molar-refractivity contribution in [3.8, 4) is 11.3 Å². The molecule has 0 radical (unpaired) electrons. The van der Waals surface area contributed by atoms with E-state index >= 15 is 0 Å². The highest BCUT2D eigenvalue weighted by molar-refractivity contribution is 9.10.